The summed E-state index contributed by atoms with van der Waals surface area (Å²) in [5.74, 6) is -0.120. The molecule has 0 bridgehead atoms. The summed E-state index contributed by atoms with van der Waals surface area (Å²) >= 11 is 0. The van der Waals surface area contributed by atoms with Crippen LogP contribution in [-0.2, 0) is 0 Å². The zero-order valence-corrected chi connectivity index (χ0v) is 14.8. The van der Waals surface area contributed by atoms with Crippen molar-refractivity contribution < 1.29 is 9.59 Å². The Morgan fingerprint density at radius 1 is 0.923 bits per heavy atom. The molecule has 3 rings (SSSR count). The number of pyridine rings is 1. The normalized spacial score (nSPS) is 10.7. The van der Waals surface area contributed by atoms with E-state index in [1.54, 1.807) is 48.7 Å². The molecule has 0 radical (unpaired) electrons. The van der Waals surface area contributed by atoms with Gasteiger partial charge in [0.1, 0.15) is 0 Å². The third-order valence-electron chi connectivity index (χ3n) is 3.98. The number of fused-ring (bicyclic) bond motifs is 1. The van der Waals surface area contributed by atoms with Crippen molar-refractivity contribution in [3.8, 4) is 0 Å². The van der Waals surface area contributed by atoms with Crippen LogP contribution in [0.4, 0.5) is 5.69 Å². The number of para-hydroxylation sites is 1. The van der Waals surface area contributed by atoms with Gasteiger partial charge in [0.15, 0.2) is 0 Å². The van der Waals surface area contributed by atoms with Crippen LogP contribution < -0.4 is 10.6 Å². The molecule has 0 spiro atoms. The van der Waals surface area contributed by atoms with Gasteiger partial charge in [-0.05, 0) is 36.2 Å². The minimum absolute atomic E-state index is 0.200. The smallest absolute Gasteiger partial charge is 0.256 e. The maximum absolute atomic E-state index is 12.8. The molecule has 5 nitrogen and oxygen atoms in total. The molecule has 2 aromatic carbocycles. The zero-order chi connectivity index (χ0) is 18.5. The highest BCUT2D eigenvalue weighted by Crippen LogP contribution is 2.20. The van der Waals surface area contributed by atoms with E-state index in [1.165, 1.54) is 0 Å². The first-order valence-corrected chi connectivity index (χ1v) is 8.58. The summed E-state index contributed by atoms with van der Waals surface area (Å²) in [5.41, 5.74) is 2.20. The first-order chi connectivity index (χ1) is 12.6. The number of rotatable bonds is 5. The molecule has 2 amide bonds. The minimum atomic E-state index is -0.271. The molecule has 0 aliphatic heterocycles. The largest absolute Gasteiger partial charge is 0.352 e. The molecule has 1 aromatic heterocycles. The van der Waals surface area contributed by atoms with Crippen LogP contribution in [0.2, 0.25) is 0 Å². The third kappa shape index (κ3) is 3.88. The molecule has 2 N–H and O–H groups in total. The minimum Gasteiger partial charge on any atom is -0.352 e. The summed E-state index contributed by atoms with van der Waals surface area (Å²) in [4.78, 5) is 29.5. The van der Waals surface area contributed by atoms with Gasteiger partial charge in [-0.25, -0.2) is 0 Å². The van der Waals surface area contributed by atoms with E-state index in [9.17, 15) is 9.59 Å². The second-order valence-electron chi connectivity index (χ2n) is 6.48. The summed E-state index contributed by atoms with van der Waals surface area (Å²) in [5, 5.41) is 6.51. The lowest BCUT2D eigenvalue weighted by Gasteiger charge is -2.13. The van der Waals surface area contributed by atoms with Gasteiger partial charge in [0.2, 0.25) is 0 Å². The number of benzene rings is 2. The average Bonchev–Trinajstić information content (AvgIpc) is 2.66. The Balaban J connectivity index is 1.87. The number of nitrogens with zero attached hydrogens (tertiary/aromatic N) is 1. The van der Waals surface area contributed by atoms with E-state index >= 15 is 0 Å². The fraction of sp³-hybridized carbons (Fsp3) is 0.190. The highest BCUT2D eigenvalue weighted by Gasteiger charge is 2.15. The van der Waals surface area contributed by atoms with Crippen molar-refractivity contribution in [1.29, 1.82) is 0 Å². The lowest BCUT2D eigenvalue weighted by Crippen LogP contribution is -2.28. The molecule has 0 fully saturated rings. The molecule has 0 saturated carbocycles. The maximum atomic E-state index is 12.8. The van der Waals surface area contributed by atoms with Gasteiger partial charge in [0.25, 0.3) is 11.8 Å². The van der Waals surface area contributed by atoms with Crippen LogP contribution in [-0.4, -0.2) is 23.3 Å². The lowest BCUT2D eigenvalue weighted by atomic mass is 10.1. The van der Waals surface area contributed by atoms with E-state index in [0.29, 0.717) is 29.3 Å². The second kappa shape index (κ2) is 7.78. The SMILES string of the molecule is CC(C)CNC(=O)c1ccccc1NC(=O)c1cccc2ncccc12. The van der Waals surface area contributed by atoms with Crippen LogP contribution in [0.1, 0.15) is 34.6 Å². The average molecular weight is 347 g/mol. The molecule has 0 saturated heterocycles. The second-order valence-corrected chi connectivity index (χ2v) is 6.48. The zero-order valence-electron chi connectivity index (χ0n) is 14.8. The quantitative estimate of drug-likeness (QED) is 0.736. The van der Waals surface area contributed by atoms with Gasteiger partial charge in [-0.3, -0.25) is 14.6 Å². The topological polar surface area (TPSA) is 71.1 Å². The van der Waals surface area contributed by atoms with Crippen molar-refractivity contribution in [1.82, 2.24) is 10.3 Å². The Labute approximate surface area is 152 Å². The first-order valence-electron chi connectivity index (χ1n) is 8.58. The van der Waals surface area contributed by atoms with Crippen LogP contribution in [0.25, 0.3) is 10.9 Å². The Morgan fingerprint density at radius 3 is 2.50 bits per heavy atom. The number of hydrogen-bond donors (Lipinski definition) is 2. The van der Waals surface area contributed by atoms with E-state index in [-0.39, 0.29) is 11.8 Å². The Morgan fingerprint density at radius 2 is 1.69 bits per heavy atom. The van der Waals surface area contributed by atoms with Gasteiger partial charge in [0, 0.05) is 23.7 Å². The Kier molecular flexibility index (Phi) is 5.27. The molecule has 132 valence electrons. The van der Waals surface area contributed by atoms with E-state index < -0.39 is 0 Å². The number of aromatic nitrogens is 1. The van der Waals surface area contributed by atoms with Gasteiger partial charge in [-0.2, -0.15) is 0 Å². The summed E-state index contributed by atoms with van der Waals surface area (Å²) in [6.45, 7) is 4.64. The predicted molar refractivity (Wildman–Crippen MR) is 103 cm³/mol. The summed E-state index contributed by atoms with van der Waals surface area (Å²) in [6, 6.07) is 16.1. The van der Waals surface area contributed by atoms with Crippen LogP contribution in [0.3, 0.4) is 0 Å². The van der Waals surface area contributed by atoms with Gasteiger partial charge in [-0.1, -0.05) is 38.1 Å². The number of amides is 2. The van der Waals surface area contributed by atoms with Crippen molar-refractivity contribution in [2.45, 2.75) is 13.8 Å². The van der Waals surface area contributed by atoms with Crippen molar-refractivity contribution in [3.05, 3.63) is 71.9 Å². The summed E-state index contributed by atoms with van der Waals surface area (Å²) in [7, 11) is 0. The van der Waals surface area contributed by atoms with Gasteiger partial charge < -0.3 is 10.6 Å². The van der Waals surface area contributed by atoms with E-state index in [2.05, 4.69) is 15.6 Å². The Hall–Kier alpha value is -3.21. The predicted octanol–water partition coefficient (Wildman–Crippen LogP) is 3.87. The molecular weight excluding hydrogens is 326 g/mol. The molecular formula is C21H21N3O2. The van der Waals surface area contributed by atoms with Crippen molar-refractivity contribution in [2.75, 3.05) is 11.9 Å². The van der Waals surface area contributed by atoms with Gasteiger partial charge in [0.05, 0.1) is 16.8 Å². The summed E-state index contributed by atoms with van der Waals surface area (Å²) in [6.07, 6.45) is 1.69. The van der Waals surface area contributed by atoms with Crippen LogP contribution >= 0.6 is 0 Å². The molecule has 1 heterocycles. The van der Waals surface area contributed by atoms with E-state index in [1.807, 2.05) is 26.0 Å². The van der Waals surface area contributed by atoms with Crippen molar-refractivity contribution in [2.24, 2.45) is 5.92 Å². The number of nitrogens with one attached hydrogen (secondary N) is 2. The Bertz CT molecular complexity index is 945. The highest BCUT2D eigenvalue weighted by molar-refractivity contribution is 6.14. The van der Waals surface area contributed by atoms with Crippen molar-refractivity contribution in [3.63, 3.8) is 0 Å². The molecule has 0 aliphatic rings. The van der Waals surface area contributed by atoms with E-state index in [0.717, 1.165) is 10.9 Å². The van der Waals surface area contributed by atoms with Gasteiger partial charge in [-0.15, -0.1) is 0 Å². The van der Waals surface area contributed by atoms with Crippen LogP contribution in [0.5, 0.6) is 0 Å². The highest BCUT2D eigenvalue weighted by atomic mass is 16.2. The monoisotopic (exact) mass is 347 g/mol. The molecule has 0 aliphatic carbocycles. The van der Waals surface area contributed by atoms with Crippen LogP contribution in [0.15, 0.2) is 60.8 Å². The molecule has 5 heteroatoms. The molecule has 26 heavy (non-hydrogen) atoms. The first kappa shape index (κ1) is 17.6. The number of hydrogen-bond acceptors (Lipinski definition) is 3. The van der Waals surface area contributed by atoms with Crippen molar-refractivity contribution >= 4 is 28.4 Å². The number of anilines is 1. The number of carbonyl (C=O) groups excluding carboxylic acids is 2. The third-order valence-corrected chi connectivity index (χ3v) is 3.98. The number of carbonyl (C=O) groups is 2. The fourth-order valence-corrected chi connectivity index (χ4v) is 2.67. The maximum Gasteiger partial charge on any atom is 0.256 e. The van der Waals surface area contributed by atoms with Crippen LogP contribution in [0, 0.1) is 5.92 Å². The molecule has 0 atom stereocenters. The molecule has 3 aromatic rings. The summed E-state index contributed by atoms with van der Waals surface area (Å²) < 4.78 is 0. The standard InChI is InChI=1S/C21H21N3O2/c1-14(2)13-23-20(25)17-7-3-4-10-19(17)24-21(26)16-8-5-11-18-15(16)9-6-12-22-18/h3-12,14H,13H2,1-2H3,(H,23,25)(H,24,26). The van der Waals surface area contributed by atoms with Gasteiger partial charge >= 0.3 is 0 Å². The lowest BCUT2D eigenvalue weighted by molar-refractivity contribution is 0.0950. The fourth-order valence-electron chi connectivity index (χ4n) is 2.67. The molecule has 0 unspecified atom stereocenters. The van der Waals surface area contributed by atoms with E-state index in [4.69, 9.17) is 0 Å².